The second-order valence-corrected chi connectivity index (χ2v) is 7.95. The number of aromatic nitrogens is 1. The second-order valence-electron chi connectivity index (χ2n) is 7.95. The molecule has 0 spiro atoms. The molecule has 5 rings (SSSR count). The van der Waals surface area contributed by atoms with Gasteiger partial charge in [0.05, 0.1) is 12.3 Å². The highest BCUT2D eigenvalue weighted by molar-refractivity contribution is 6.04. The minimum Gasteiger partial charge on any atom is -0.459 e. The van der Waals surface area contributed by atoms with Crippen LogP contribution in [-0.2, 0) is 13.0 Å². The monoisotopic (exact) mass is 387 g/mol. The molecule has 148 valence electrons. The molecule has 1 saturated heterocycles. The maximum absolute atomic E-state index is 9.21. The van der Waals surface area contributed by atoms with Crippen molar-refractivity contribution in [2.45, 2.75) is 38.6 Å². The van der Waals surface area contributed by atoms with Crippen LogP contribution in [0.2, 0.25) is 0 Å². The Bertz CT molecular complexity index is 1030. The smallest absolute Gasteiger partial charge is 0.142 e. The average molecular weight is 387 g/mol. The van der Waals surface area contributed by atoms with E-state index >= 15 is 0 Å². The maximum atomic E-state index is 9.21. The standard InChI is InChI=1S/C24H25N3O2/c28-26-23-7-5-18-14-19(4-6-21(18)23)22-15-20(16-27-12-2-1-3-13-27)29-24(22)17-8-10-25-11-9-17/h4,6,8-11,14-15,28H,1-3,5,7,12-13,16H2/b26-23-. The highest BCUT2D eigenvalue weighted by Gasteiger charge is 2.22. The molecule has 0 atom stereocenters. The molecule has 1 aliphatic heterocycles. The molecule has 29 heavy (non-hydrogen) atoms. The topological polar surface area (TPSA) is 61.9 Å². The van der Waals surface area contributed by atoms with Crippen LogP contribution in [0.25, 0.3) is 22.5 Å². The Balaban J connectivity index is 1.54. The molecule has 0 unspecified atom stereocenters. The summed E-state index contributed by atoms with van der Waals surface area (Å²) in [5.41, 5.74) is 6.36. The van der Waals surface area contributed by atoms with E-state index in [2.05, 4.69) is 39.3 Å². The van der Waals surface area contributed by atoms with Gasteiger partial charge < -0.3 is 9.62 Å². The average Bonchev–Trinajstić information content (AvgIpc) is 3.38. The summed E-state index contributed by atoms with van der Waals surface area (Å²) in [6.45, 7) is 3.13. The normalized spacial score (nSPS) is 18.3. The van der Waals surface area contributed by atoms with Crippen LogP contribution in [0, 0.1) is 0 Å². The largest absolute Gasteiger partial charge is 0.459 e. The number of piperidine rings is 1. The van der Waals surface area contributed by atoms with E-state index in [1.165, 1.54) is 24.8 Å². The van der Waals surface area contributed by atoms with Crippen LogP contribution < -0.4 is 0 Å². The first kappa shape index (κ1) is 18.1. The van der Waals surface area contributed by atoms with Crippen molar-refractivity contribution in [1.29, 1.82) is 0 Å². The summed E-state index contributed by atoms with van der Waals surface area (Å²) in [5.74, 6) is 1.90. The lowest BCUT2D eigenvalue weighted by Gasteiger charge is -2.25. The summed E-state index contributed by atoms with van der Waals surface area (Å²) in [7, 11) is 0. The van der Waals surface area contributed by atoms with E-state index in [0.717, 1.165) is 72.0 Å². The Labute approximate surface area is 170 Å². The van der Waals surface area contributed by atoms with Gasteiger partial charge in [0.15, 0.2) is 0 Å². The molecule has 1 fully saturated rings. The van der Waals surface area contributed by atoms with Gasteiger partial charge in [0.25, 0.3) is 0 Å². The summed E-state index contributed by atoms with van der Waals surface area (Å²) in [5, 5.41) is 12.7. The molecule has 5 nitrogen and oxygen atoms in total. The minimum absolute atomic E-state index is 0.777. The number of hydrogen-bond acceptors (Lipinski definition) is 5. The Kier molecular flexibility index (Phi) is 4.90. The maximum Gasteiger partial charge on any atom is 0.142 e. The van der Waals surface area contributed by atoms with Gasteiger partial charge in [-0.25, -0.2) is 0 Å². The van der Waals surface area contributed by atoms with Crippen molar-refractivity contribution in [3.8, 4) is 22.5 Å². The first-order chi connectivity index (χ1) is 14.3. The van der Waals surface area contributed by atoms with Gasteiger partial charge in [-0.1, -0.05) is 29.8 Å². The number of aryl methyl sites for hydroxylation is 1. The zero-order valence-electron chi connectivity index (χ0n) is 16.5. The van der Waals surface area contributed by atoms with Gasteiger partial charge in [0, 0.05) is 29.1 Å². The van der Waals surface area contributed by atoms with Gasteiger partial charge in [0.2, 0.25) is 0 Å². The first-order valence-corrected chi connectivity index (χ1v) is 10.4. The van der Waals surface area contributed by atoms with Crippen molar-refractivity contribution in [1.82, 2.24) is 9.88 Å². The molecule has 0 amide bonds. The zero-order chi connectivity index (χ0) is 19.6. The number of fused-ring (bicyclic) bond motifs is 1. The van der Waals surface area contributed by atoms with Gasteiger partial charge in [0.1, 0.15) is 11.5 Å². The summed E-state index contributed by atoms with van der Waals surface area (Å²) in [6, 6.07) is 12.6. The Morgan fingerprint density at radius 1 is 0.931 bits per heavy atom. The van der Waals surface area contributed by atoms with Crippen LogP contribution in [0.1, 0.15) is 42.6 Å². The third-order valence-electron chi connectivity index (χ3n) is 6.03. The molecule has 0 radical (unpaired) electrons. The van der Waals surface area contributed by atoms with Crippen LogP contribution in [0.5, 0.6) is 0 Å². The molecule has 1 N–H and O–H groups in total. The van der Waals surface area contributed by atoms with Crippen LogP contribution in [0.4, 0.5) is 0 Å². The molecular weight excluding hydrogens is 362 g/mol. The number of likely N-dealkylation sites (tertiary alicyclic amines) is 1. The van der Waals surface area contributed by atoms with Crippen molar-refractivity contribution in [3.63, 3.8) is 0 Å². The number of oxime groups is 1. The van der Waals surface area contributed by atoms with Gasteiger partial charge in [-0.15, -0.1) is 0 Å². The van der Waals surface area contributed by atoms with Crippen LogP contribution >= 0.6 is 0 Å². The number of furan rings is 1. The minimum atomic E-state index is 0.777. The summed E-state index contributed by atoms with van der Waals surface area (Å²) in [6.07, 6.45) is 9.17. The second kappa shape index (κ2) is 7.84. The summed E-state index contributed by atoms with van der Waals surface area (Å²) >= 11 is 0. The fourth-order valence-corrected chi connectivity index (χ4v) is 4.53. The van der Waals surface area contributed by atoms with Crippen molar-refractivity contribution in [3.05, 3.63) is 65.7 Å². The SMILES string of the molecule is O/N=C1/CCc2cc(-c3cc(CN4CCCCC4)oc3-c3ccncc3)ccc21. The molecule has 3 heterocycles. The highest BCUT2D eigenvalue weighted by Crippen LogP contribution is 2.37. The van der Waals surface area contributed by atoms with Crippen LogP contribution in [0.3, 0.4) is 0 Å². The predicted molar refractivity (Wildman–Crippen MR) is 113 cm³/mol. The number of nitrogens with zero attached hydrogens (tertiary/aromatic N) is 3. The van der Waals surface area contributed by atoms with E-state index in [1.54, 1.807) is 12.4 Å². The lowest BCUT2D eigenvalue weighted by Crippen LogP contribution is -2.28. The van der Waals surface area contributed by atoms with Gasteiger partial charge in [-0.2, -0.15) is 0 Å². The number of benzene rings is 1. The van der Waals surface area contributed by atoms with Crippen molar-refractivity contribution >= 4 is 5.71 Å². The fraction of sp³-hybridized carbons (Fsp3) is 0.333. The van der Waals surface area contributed by atoms with E-state index in [-0.39, 0.29) is 0 Å². The third-order valence-corrected chi connectivity index (χ3v) is 6.03. The lowest BCUT2D eigenvalue weighted by atomic mass is 9.98. The van der Waals surface area contributed by atoms with E-state index in [4.69, 9.17) is 4.42 Å². The number of rotatable bonds is 4. The van der Waals surface area contributed by atoms with E-state index in [9.17, 15) is 5.21 Å². The molecule has 0 saturated carbocycles. The molecule has 5 heteroatoms. The first-order valence-electron chi connectivity index (χ1n) is 10.4. The lowest BCUT2D eigenvalue weighted by molar-refractivity contribution is 0.206. The van der Waals surface area contributed by atoms with Crippen molar-refractivity contribution in [2.75, 3.05) is 13.1 Å². The molecule has 3 aromatic rings. The van der Waals surface area contributed by atoms with E-state index in [1.807, 2.05) is 12.1 Å². The number of hydrogen-bond donors (Lipinski definition) is 1. The molecular formula is C24H25N3O2. The van der Waals surface area contributed by atoms with Crippen molar-refractivity contribution < 1.29 is 9.62 Å². The van der Waals surface area contributed by atoms with Gasteiger partial charge >= 0.3 is 0 Å². The number of pyridine rings is 1. The van der Waals surface area contributed by atoms with Crippen molar-refractivity contribution in [2.24, 2.45) is 5.16 Å². The predicted octanol–water partition coefficient (Wildman–Crippen LogP) is 5.12. The molecule has 2 aromatic heterocycles. The van der Waals surface area contributed by atoms with Crippen LogP contribution in [-0.4, -0.2) is 33.9 Å². The Morgan fingerprint density at radius 2 is 1.76 bits per heavy atom. The van der Waals surface area contributed by atoms with E-state index < -0.39 is 0 Å². The summed E-state index contributed by atoms with van der Waals surface area (Å²) < 4.78 is 6.39. The molecule has 1 aromatic carbocycles. The fourth-order valence-electron chi connectivity index (χ4n) is 4.53. The Hall–Kier alpha value is -2.92. The van der Waals surface area contributed by atoms with E-state index in [0.29, 0.717) is 0 Å². The molecule has 1 aliphatic carbocycles. The summed E-state index contributed by atoms with van der Waals surface area (Å²) in [4.78, 5) is 6.63. The molecule has 0 bridgehead atoms. The van der Waals surface area contributed by atoms with Gasteiger partial charge in [-0.3, -0.25) is 9.88 Å². The third kappa shape index (κ3) is 3.58. The van der Waals surface area contributed by atoms with Gasteiger partial charge in [-0.05, 0) is 68.1 Å². The molecule has 2 aliphatic rings. The highest BCUT2D eigenvalue weighted by atomic mass is 16.4. The Morgan fingerprint density at radius 3 is 2.55 bits per heavy atom. The quantitative estimate of drug-likeness (QED) is 0.499. The van der Waals surface area contributed by atoms with Crippen LogP contribution in [0.15, 0.2) is 58.4 Å². The zero-order valence-corrected chi connectivity index (χ0v) is 16.5.